The van der Waals surface area contributed by atoms with Gasteiger partial charge >= 0.3 is 0 Å². The fourth-order valence-corrected chi connectivity index (χ4v) is 7.13. The number of hydrogen-bond donors (Lipinski definition) is 1. The maximum Gasteiger partial charge on any atom is 0.0785 e. The van der Waals surface area contributed by atoms with Gasteiger partial charge in [-0.25, -0.2) is 0 Å². The standard InChI is InChI=1S/C11H14O2/c1-9-7-5-4-6(10(5,9)3-12)8(9)11(4,7)13-2/h4-8,12H,3H2,1-2H3. The van der Waals surface area contributed by atoms with Crippen LogP contribution in [-0.2, 0) is 4.74 Å². The van der Waals surface area contributed by atoms with Gasteiger partial charge in [0.25, 0.3) is 0 Å². The van der Waals surface area contributed by atoms with Crippen molar-refractivity contribution >= 4 is 0 Å². The molecule has 4 atom stereocenters. The first-order valence-electron chi connectivity index (χ1n) is 5.39. The van der Waals surface area contributed by atoms with Crippen LogP contribution in [-0.4, -0.2) is 24.4 Å². The molecule has 6 aliphatic carbocycles. The van der Waals surface area contributed by atoms with E-state index in [1.807, 2.05) is 7.11 Å². The van der Waals surface area contributed by atoms with Crippen molar-refractivity contribution in [3.05, 3.63) is 0 Å². The molecule has 2 heteroatoms. The van der Waals surface area contributed by atoms with Crippen molar-refractivity contribution in [1.82, 2.24) is 0 Å². The molecule has 2 nitrogen and oxygen atoms in total. The van der Waals surface area contributed by atoms with Crippen molar-refractivity contribution in [3.8, 4) is 0 Å². The molecule has 70 valence electrons. The lowest BCUT2D eigenvalue weighted by atomic mass is 8.90. The van der Waals surface area contributed by atoms with Crippen molar-refractivity contribution in [3.63, 3.8) is 0 Å². The van der Waals surface area contributed by atoms with Gasteiger partial charge in [0.05, 0.1) is 5.60 Å². The third-order valence-electron chi connectivity index (χ3n) is 7.09. The second-order valence-electron chi connectivity index (χ2n) is 6.07. The second kappa shape index (κ2) is 1.17. The Morgan fingerprint density at radius 1 is 1.23 bits per heavy atom. The summed E-state index contributed by atoms with van der Waals surface area (Å²) in [4.78, 5) is 0. The molecule has 0 aromatic rings. The molecule has 0 radical (unpaired) electrons. The number of aliphatic hydroxyl groups is 1. The fraction of sp³-hybridized carbons (Fsp3) is 1.00. The molecule has 0 heterocycles. The zero-order chi connectivity index (χ0) is 8.80. The lowest BCUT2D eigenvalue weighted by molar-refractivity contribution is -0.703. The molecule has 6 saturated carbocycles. The number of rotatable bonds is 2. The van der Waals surface area contributed by atoms with E-state index in [9.17, 15) is 5.11 Å². The Kier molecular flexibility index (Phi) is 0.575. The van der Waals surface area contributed by atoms with E-state index in [0.29, 0.717) is 23.0 Å². The van der Waals surface area contributed by atoms with Crippen LogP contribution in [0.2, 0.25) is 0 Å². The molecule has 0 bridgehead atoms. The van der Waals surface area contributed by atoms with E-state index in [1.165, 1.54) is 0 Å². The maximum atomic E-state index is 9.50. The molecule has 1 N–H and O–H groups in total. The topological polar surface area (TPSA) is 29.5 Å². The number of aliphatic hydroxyl groups excluding tert-OH is 1. The average Bonchev–Trinajstić information content (AvgIpc) is 2.16. The molecule has 6 aliphatic rings. The Hall–Kier alpha value is -0.0800. The summed E-state index contributed by atoms with van der Waals surface area (Å²) in [6.45, 7) is 2.83. The molecular formula is C11H14O2. The largest absolute Gasteiger partial charge is 0.396 e. The lowest BCUT2D eigenvalue weighted by Crippen LogP contribution is -3.17. The normalized spacial score (nSPS) is 88.4. The van der Waals surface area contributed by atoms with Crippen molar-refractivity contribution in [2.24, 2.45) is 40.4 Å². The summed E-state index contributed by atoms with van der Waals surface area (Å²) in [6.07, 6.45) is 0. The molecule has 0 aromatic heterocycles. The van der Waals surface area contributed by atoms with E-state index in [1.54, 1.807) is 0 Å². The second-order valence-corrected chi connectivity index (χ2v) is 6.07. The molecule has 4 unspecified atom stereocenters. The summed E-state index contributed by atoms with van der Waals surface area (Å²) >= 11 is 0. The highest BCUT2D eigenvalue weighted by atomic mass is 16.5. The Bertz CT molecular complexity index is 341. The van der Waals surface area contributed by atoms with Crippen LogP contribution >= 0.6 is 0 Å². The maximum absolute atomic E-state index is 9.50. The summed E-state index contributed by atoms with van der Waals surface area (Å²) in [5.41, 5.74) is 1.23. The van der Waals surface area contributed by atoms with Gasteiger partial charge in [0.2, 0.25) is 0 Å². The minimum absolute atomic E-state index is 0.334. The van der Waals surface area contributed by atoms with Crippen LogP contribution in [0.1, 0.15) is 6.92 Å². The van der Waals surface area contributed by atoms with Crippen LogP contribution in [0.15, 0.2) is 0 Å². The van der Waals surface area contributed by atoms with Gasteiger partial charge in [-0.15, -0.1) is 0 Å². The van der Waals surface area contributed by atoms with Gasteiger partial charge in [0, 0.05) is 19.1 Å². The third kappa shape index (κ3) is 0.221. The Labute approximate surface area is 77.3 Å². The highest BCUT2D eigenvalue weighted by Crippen LogP contribution is 3.12. The molecule has 0 amide bonds. The summed E-state index contributed by atoms with van der Waals surface area (Å²) < 4.78 is 5.73. The van der Waals surface area contributed by atoms with E-state index >= 15 is 0 Å². The first-order chi connectivity index (χ1) is 6.23. The average molecular weight is 178 g/mol. The van der Waals surface area contributed by atoms with E-state index in [0.717, 1.165) is 29.6 Å². The number of methoxy groups -OCH3 is 1. The van der Waals surface area contributed by atoms with E-state index in [2.05, 4.69) is 6.92 Å². The Balaban J connectivity index is 1.70. The van der Waals surface area contributed by atoms with Crippen molar-refractivity contribution in [2.45, 2.75) is 12.5 Å². The SMILES string of the molecule is COC12C3C4C1C1(C)C2C3C41CO. The minimum atomic E-state index is 0.334. The first-order valence-corrected chi connectivity index (χ1v) is 5.39. The van der Waals surface area contributed by atoms with E-state index in [-0.39, 0.29) is 0 Å². The monoisotopic (exact) mass is 178 g/mol. The van der Waals surface area contributed by atoms with Gasteiger partial charge in [0.15, 0.2) is 0 Å². The summed E-state index contributed by atoms with van der Waals surface area (Å²) in [5.74, 6) is 4.24. The van der Waals surface area contributed by atoms with Gasteiger partial charge in [-0.1, -0.05) is 6.92 Å². The molecule has 0 spiro atoms. The van der Waals surface area contributed by atoms with Gasteiger partial charge in [-0.05, 0) is 35.0 Å². The van der Waals surface area contributed by atoms with Crippen LogP contribution < -0.4 is 0 Å². The van der Waals surface area contributed by atoms with Gasteiger partial charge in [-0.2, -0.15) is 0 Å². The van der Waals surface area contributed by atoms with Crippen LogP contribution in [0.3, 0.4) is 0 Å². The van der Waals surface area contributed by atoms with Gasteiger partial charge < -0.3 is 9.84 Å². The molecular weight excluding hydrogens is 164 g/mol. The highest BCUT2D eigenvalue weighted by molar-refractivity contribution is 5.61. The first kappa shape index (κ1) is 6.41. The third-order valence-corrected chi connectivity index (χ3v) is 7.09. The summed E-state index contributed by atoms with van der Waals surface area (Å²) in [7, 11) is 1.89. The quantitative estimate of drug-likeness (QED) is 0.667. The zero-order valence-electron chi connectivity index (χ0n) is 7.95. The smallest absolute Gasteiger partial charge is 0.0785 e. The lowest BCUT2D eigenvalue weighted by Gasteiger charge is -3.14. The van der Waals surface area contributed by atoms with Crippen LogP contribution in [0.25, 0.3) is 0 Å². The molecule has 6 fully saturated rings. The Morgan fingerprint density at radius 3 is 2.23 bits per heavy atom. The van der Waals surface area contributed by atoms with Crippen LogP contribution in [0.5, 0.6) is 0 Å². The molecule has 6 rings (SSSR count). The van der Waals surface area contributed by atoms with Gasteiger partial charge in [0.1, 0.15) is 0 Å². The van der Waals surface area contributed by atoms with E-state index in [4.69, 9.17) is 4.74 Å². The predicted octanol–water partition coefficient (Wildman–Crippen LogP) is 0.506. The number of hydrogen-bond acceptors (Lipinski definition) is 2. The minimum Gasteiger partial charge on any atom is -0.396 e. The summed E-state index contributed by atoms with van der Waals surface area (Å²) in [6, 6.07) is 0. The van der Waals surface area contributed by atoms with Crippen molar-refractivity contribution < 1.29 is 9.84 Å². The van der Waals surface area contributed by atoms with Crippen LogP contribution in [0, 0.1) is 40.4 Å². The molecule has 13 heavy (non-hydrogen) atoms. The molecule has 0 aliphatic heterocycles. The summed E-state index contributed by atoms with van der Waals surface area (Å²) in [5, 5.41) is 9.50. The molecule has 0 saturated heterocycles. The number of ether oxygens (including phenoxy) is 1. The van der Waals surface area contributed by atoms with Gasteiger partial charge in [-0.3, -0.25) is 0 Å². The molecule has 0 aromatic carbocycles. The predicted molar refractivity (Wildman–Crippen MR) is 44.8 cm³/mol. The van der Waals surface area contributed by atoms with Crippen LogP contribution in [0.4, 0.5) is 0 Å². The highest BCUT2D eigenvalue weighted by Gasteiger charge is 3.14. The Morgan fingerprint density at radius 2 is 1.85 bits per heavy atom. The van der Waals surface area contributed by atoms with Crippen molar-refractivity contribution in [1.29, 1.82) is 0 Å². The zero-order valence-corrected chi connectivity index (χ0v) is 7.95. The fourth-order valence-electron chi connectivity index (χ4n) is 7.13. The van der Waals surface area contributed by atoms with Crippen molar-refractivity contribution in [2.75, 3.05) is 13.7 Å². The van der Waals surface area contributed by atoms with E-state index < -0.39 is 0 Å².